The fourth-order valence-electron chi connectivity index (χ4n) is 4.24. The maximum absolute atomic E-state index is 12.7. The van der Waals surface area contributed by atoms with Gasteiger partial charge in [-0.25, -0.2) is 0 Å². The van der Waals surface area contributed by atoms with Crippen molar-refractivity contribution in [2.75, 3.05) is 0 Å². The van der Waals surface area contributed by atoms with Gasteiger partial charge >= 0.3 is 0 Å². The number of hydrogen-bond acceptors (Lipinski definition) is 4. The molecule has 0 spiro atoms. The number of benzene rings is 2. The van der Waals surface area contributed by atoms with Crippen LogP contribution < -0.4 is 10.1 Å². The van der Waals surface area contributed by atoms with E-state index in [4.69, 9.17) is 9.84 Å². The molecule has 5 rings (SSSR count). The van der Waals surface area contributed by atoms with E-state index in [2.05, 4.69) is 15.0 Å². The van der Waals surface area contributed by atoms with Gasteiger partial charge in [0.15, 0.2) is 0 Å². The molecule has 1 fully saturated rings. The van der Waals surface area contributed by atoms with Crippen molar-refractivity contribution in [1.82, 2.24) is 20.1 Å². The molecular formula is C27H26N4O2. The van der Waals surface area contributed by atoms with Crippen LogP contribution in [0.3, 0.4) is 0 Å². The number of pyridine rings is 1. The number of hydrogen-bond donors (Lipinski definition) is 1. The number of carbonyl (C=O) groups is 1. The quantitative estimate of drug-likeness (QED) is 0.397. The second-order valence-corrected chi connectivity index (χ2v) is 8.24. The summed E-state index contributed by atoms with van der Waals surface area (Å²) in [5.74, 6) is 1.31. The molecule has 2 aromatic heterocycles. The molecule has 6 heteroatoms. The first-order chi connectivity index (χ1) is 16.3. The Morgan fingerprint density at radius 1 is 0.939 bits per heavy atom. The Labute approximate surface area is 193 Å². The fourth-order valence-corrected chi connectivity index (χ4v) is 4.24. The van der Waals surface area contributed by atoms with Gasteiger partial charge in [0.05, 0.1) is 29.7 Å². The Hall–Kier alpha value is -3.93. The van der Waals surface area contributed by atoms with Crippen molar-refractivity contribution in [1.29, 1.82) is 0 Å². The molecule has 33 heavy (non-hydrogen) atoms. The van der Waals surface area contributed by atoms with Crippen LogP contribution in [0.1, 0.15) is 47.8 Å². The molecule has 1 aliphatic rings. The summed E-state index contributed by atoms with van der Waals surface area (Å²) in [7, 11) is 0. The smallest absolute Gasteiger partial charge is 0.251 e. The number of nitrogens with zero attached hydrogens (tertiary/aromatic N) is 3. The van der Waals surface area contributed by atoms with Crippen LogP contribution in [0.5, 0.6) is 11.5 Å². The van der Waals surface area contributed by atoms with E-state index in [0.29, 0.717) is 23.9 Å². The number of nitrogens with one attached hydrogen (secondary N) is 1. The van der Waals surface area contributed by atoms with E-state index in [9.17, 15) is 4.79 Å². The van der Waals surface area contributed by atoms with E-state index in [1.54, 1.807) is 30.5 Å². The van der Waals surface area contributed by atoms with Crippen LogP contribution in [-0.2, 0) is 6.54 Å². The molecule has 1 N–H and O–H groups in total. The molecule has 1 amide bonds. The normalized spacial score (nSPS) is 13.7. The van der Waals surface area contributed by atoms with Crippen molar-refractivity contribution in [2.45, 2.75) is 38.3 Å². The summed E-state index contributed by atoms with van der Waals surface area (Å²) in [5, 5.41) is 7.83. The first-order valence-electron chi connectivity index (χ1n) is 11.4. The van der Waals surface area contributed by atoms with Gasteiger partial charge in [0, 0.05) is 11.8 Å². The van der Waals surface area contributed by atoms with E-state index >= 15 is 0 Å². The Kier molecular flexibility index (Phi) is 6.15. The highest BCUT2D eigenvalue weighted by Gasteiger charge is 2.22. The lowest BCUT2D eigenvalue weighted by Crippen LogP contribution is -2.23. The zero-order valence-corrected chi connectivity index (χ0v) is 18.4. The monoisotopic (exact) mass is 438 g/mol. The van der Waals surface area contributed by atoms with Crippen molar-refractivity contribution < 1.29 is 9.53 Å². The van der Waals surface area contributed by atoms with Crippen LogP contribution in [0.15, 0.2) is 85.1 Å². The van der Waals surface area contributed by atoms with Crippen molar-refractivity contribution in [3.63, 3.8) is 0 Å². The molecule has 0 unspecified atom stereocenters. The maximum Gasteiger partial charge on any atom is 0.251 e. The topological polar surface area (TPSA) is 69.0 Å². The number of ether oxygens (including phenoxy) is 1. The predicted molar refractivity (Wildman–Crippen MR) is 127 cm³/mol. The largest absolute Gasteiger partial charge is 0.457 e. The van der Waals surface area contributed by atoms with Crippen LogP contribution >= 0.6 is 0 Å². The number of para-hydroxylation sites is 1. The lowest BCUT2D eigenvalue weighted by atomic mass is 10.2. The van der Waals surface area contributed by atoms with Gasteiger partial charge < -0.3 is 10.1 Å². The van der Waals surface area contributed by atoms with E-state index in [-0.39, 0.29) is 5.91 Å². The fraction of sp³-hybridized carbons (Fsp3) is 0.222. The molecule has 0 aliphatic heterocycles. The van der Waals surface area contributed by atoms with Gasteiger partial charge in [-0.05, 0) is 67.4 Å². The predicted octanol–water partition coefficient (Wildman–Crippen LogP) is 5.78. The summed E-state index contributed by atoms with van der Waals surface area (Å²) in [4.78, 5) is 17.2. The van der Waals surface area contributed by atoms with Crippen molar-refractivity contribution in [3.05, 3.63) is 96.3 Å². The van der Waals surface area contributed by atoms with Crippen LogP contribution in [0.2, 0.25) is 0 Å². The summed E-state index contributed by atoms with van der Waals surface area (Å²) in [6.07, 6.45) is 6.51. The Balaban J connectivity index is 1.26. The minimum absolute atomic E-state index is 0.143. The van der Waals surface area contributed by atoms with E-state index < -0.39 is 0 Å². The maximum atomic E-state index is 12.7. The second kappa shape index (κ2) is 9.69. The molecule has 0 bridgehead atoms. The van der Waals surface area contributed by atoms with E-state index in [1.807, 2.05) is 54.6 Å². The highest BCUT2D eigenvalue weighted by Crippen LogP contribution is 2.33. The first kappa shape index (κ1) is 20.9. The van der Waals surface area contributed by atoms with Crippen molar-refractivity contribution >= 4 is 5.91 Å². The summed E-state index contributed by atoms with van der Waals surface area (Å²) in [6.45, 7) is 0.362. The Bertz CT molecular complexity index is 1200. The number of carbonyl (C=O) groups excluding carboxylic acids is 1. The van der Waals surface area contributed by atoms with Crippen LogP contribution in [-0.4, -0.2) is 20.7 Å². The van der Waals surface area contributed by atoms with Crippen molar-refractivity contribution in [2.24, 2.45) is 0 Å². The van der Waals surface area contributed by atoms with E-state index in [1.165, 1.54) is 12.8 Å². The standard InChI is InChI=1S/C27H26N4O2/c32-27(20-13-15-24(16-14-20)33-23-10-2-1-3-11-23)29-19-21-18-26(25-12-6-7-17-28-25)31(30-21)22-8-4-5-9-22/h1-3,6-7,10-18,22H,4-5,8-9,19H2,(H,29,32). The molecule has 1 aliphatic carbocycles. The summed E-state index contributed by atoms with van der Waals surface area (Å²) in [5.41, 5.74) is 3.33. The third-order valence-corrected chi connectivity index (χ3v) is 5.91. The van der Waals surface area contributed by atoms with Gasteiger partial charge in [0.1, 0.15) is 11.5 Å². The Morgan fingerprint density at radius 3 is 2.39 bits per heavy atom. The highest BCUT2D eigenvalue weighted by molar-refractivity contribution is 5.94. The molecule has 0 radical (unpaired) electrons. The van der Waals surface area contributed by atoms with Gasteiger partial charge in [-0.1, -0.05) is 37.1 Å². The van der Waals surface area contributed by atoms with Gasteiger partial charge in [-0.3, -0.25) is 14.5 Å². The lowest BCUT2D eigenvalue weighted by Gasteiger charge is -2.13. The minimum Gasteiger partial charge on any atom is -0.457 e. The average Bonchev–Trinajstić information content (AvgIpc) is 3.54. The molecule has 2 heterocycles. The molecular weight excluding hydrogens is 412 g/mol. The zero-order valence-electron chi connectivity index (χ0n) is 18.4. The molecule has 0 saturated heterocycles. The number of amides is 1. The molecule has 2 aromatic carbocycles. The number of aromatic nitrogens is 3. The number of rotatable bonds is 7. The summed E-state index contributed by atoms with van der Waals surface area (Å²) < 4.78 is 7.90. The summed E-state index contributed by atoms with van der Waals surface area (Å²) >= 11 is 0. The zero-order chi connectivity index (χ0) is 22.5. The average molecular weight is 439 g/mol. The first-order valence-corrected chi connectivity index (χ1v) is 11.4. The van der Waals surface area contributed by atoms with Gasteiger partial charge in [-0.2, -0.15) is 5.10 Å². The molecule has 6 nitrogen and oxygen atoms in total. The van der Waals surface area contributed by atoms with Crippen LogP contribution in [0.25, 0.3) is 11.4 Å². The minimum atomic E-state index is -0.143. The second-order valence-electron chi connectivity index (χ2n) is 8.24. The third kappa shape index (κ3) is 4.95. The molecule has 1 saturated carbocycles. The highest BCUT2D eigenvalue weighted by atomic mass is 16.5. The third-order valence-electron chi connectivity index (χ3n) is 5.91. The van der Waals surface area contributed by atoms with Gasteiger partial charge in [0.2, 0.25) is 0 Å². The van der Waals surface area contributed by atoms with Gasteiger partial charge in [0.25, 0.3) is 5.91 Å². The lowest BCUT2D eigenvalue weighted by molar-refractivity contribution is 0.0950. The molecule has 0 atom stereocenters. The van der Waals surface area contributed by atoms with Crippen LogP contribution in [0, 0.1) is 0 Å². The SMILES string of the molecule is O=C(NCc1cc(-c2ccccn2)n(C2CCCC2)n1)c1ccc(Oc2ccccc2)cc1. The molecule has 166 valence electrons. The van der Waals surface area contributed by atoms with Crippen LogP contribution in [0.4, 0.5) is 0 Å². The Morgan fingerprint density at radius 2 is 1.67 bits per heavy atom. The van der Waals surface area contributed by atoms with Gasteiger partial charge in [-0.15, -0.1) is 0 Å². The van der Waals surface area contributed by atoms with E-state index in [0.717, 1.165) is 35.7 Å². The summed E-state index contributed by atoms with van der Waals surface area (Å²) in [6, 6.07) is 25.0. The van der Waals surface area contributed by atoms with Crippen molar-refractivity contribution in [3.8, 4) is 22.9 Å². The molecule has 4 aromatic rings.